The first-order chi connectivity index (χ1) is 15.6. The van der Waals surface area contributed by atoms with Gasteiger partial charge in [0.2, 0.25) is 0 Å². The highest BCUT2D eigenvalue weighted by Crippen LogP contribution is 2.52. The van der Waals surface area contributed by atoms with Gasteiger partial charge in [-0.3, -0.25) is 4.79 Å². The third-order valence-corrected chi connectivity index (χ3v) is 6.86. The van der Waals surface area contributed by atoms with Gasteiger partial charge in [-0.15, -0.1) is 13.2 Å². The van der Waals surface area contributed by atoms with E-state index in [9.17, 15) is 18.0 Å². The maximum Gasteiger partial charge on any atom is 0.573 e. The standard InChI is InChI=1S/C24H31F3N4O2/c1-4-16(2)9-30-11-19-20(12-30)21(19)13-31(23(32)22-14-29(3)15-28-22)10-17-6-5-7-18(8-17)33-24(25,26)27/h5-8,14-16,19-21H,4,9-13H2,1-3H3. The Morgan fingerprint density at radius 1 is 1.30 bits per heavy atom. The van der Waals surface area contributed by atoms with Gasteiger partial charge in [-0.2, -0.15) is 0 Å². The summed E-state index contributed by atoms with van der Waals surface area (Å²) in [4.78, 5) is 21.7. The first-order valence-electron chi connectivity index (χ1n) is 11.5. The molecule has 33 heavy (non-hydrogen) atoms. The van der Waals surface area contributed by atoms with Crippen molar-refractivity contribution in [2.24, 2.45) is 30.7 Å². The topological polar surface area (TPSA) is 50.6 Å². The first-order valence-corrected chi connectivity index (χ1v) is 11.5. The normalized spacial score (nSPS) is 23.3. The summed E-state index contributed by atoms with van der Waals surface area (Å²) in [6.45, 7) is 8.48. The monoisotopic (exact) mass is 464 g/mol. The summed E-state index contributed by atoms with van der Waals surface area (Å²) in [7, 11) is 1.79. The highest BCUT2D eigenvalue weighted by atomic mass is 19.4. The third-order valence-electron chi connectivity index (χ3n) is 6.86. The lowest BCUT2D eigenvalue weighted by atomic mass is 10.1. The molecule has 1 aromatic carbocycles. The van der Waals surface area contributed by atoms with Crippen LogP contribution in [0, 0.1) is 23.7 Å². The van der Waals surface area contributed by atoms with Gasteiger partial charge in [0.25, 0.3) is 5.91 Å². The van der Waals surface area contributed by atoms with Gasteiger partial charge in [0.15, 0.2) is 0 Å². The zero-order chi connectivity index (χ0) is 23.8. The highest BCUT2D eigenvalue weighted by molar-refractivity contribution is 5.92. The Labute approximate surface area is 192 Å². The summed E-state index contributed by atoms with van der Waals surface area (Å²) in [5.74, 6) is 1.75. The number of hydrogen-bond acceptors (Lipinski definition) is 4. The number of amides is 1. The number of carbonyl (C=O) groups is 1. The lowest BCUT2D eigenvalue weighted by Crippen LogP contribution is -2.36. The van der Waals surface area contributed by atoms with Gasteiger partial charge in [-0.05, 0) is 41.4 Å². The molecule has 180 valence electrons. The second-order valence-electron chi connectivity index (χ2n) is 9.53. The average molecular weight is 465 g/mol. The molecule has 1 aliphatic heterocycles. The van der Waals surface area contributed by atoms with Crippen molar-refractivity contribution in [3.05, 3.63) is 48.0 Å². The zero-order valence-electron chi connectivity index (χ0n) is 19.3. The number of aromatic nitrogens is 2. The summed E-state index contributed by atoms with van der Waals surface area (Å²) < 4.78 is 43.7. The largest absolute Gasteiger partial charge is 0.573 e. The fraction of sp³-hybridized carbons (Fsp3) is 0.583. The van der Waals surface area contributed by atoms with Crippen LogP contribution in [0.25, 0.3) is 0 Å². The van der Waals surface area contributed by atoms with Gasteiger partial charge < -0.3 is 19.1 Å². The maximum absolute atomic E-state index is 13.2. The second-order valence-corrected chi connectivity index (χ2v) is 9.53. The number of piperidine rings is 1. The number of alkyl halides is 3. The van der Waals surface area contributed by atoms with E-state index in [0.717, 1.165) is 19.6 Å². The number of nitrogens with zero attached hydrogens (tertiary/aromatic N) is 4. The number of rotatable bonds is 9. The van der Waals surface area contributed by atoms with E-state index < -0.39 is 6.36 Å². The third kappa shape index (κ3) is 5.88. The first kappa shape index (κ1) is 23.6. The molecule has 0 spiro atoms. The molecule has 1 aromatic heterocycles. The lowest BCUT2D eigenvalue weighted by molar-refractivity contribution is -0.274. The molecular weight excluding hydrogens is 433 g/mol. The van der Waals surface area contributed by atoms with E-state index in [2.05, 4.69) is 28.5 Å². The van der Waals surface area contributed by atoms with E-state index in [4.69, 9.17) is 0 Å². The number of carbonyl (C=O) groups excluding carboxylic acids is 1. The molecule has 3 unspecified atom stereocenters. The number of benzene rings is 1. The summed E-state index contributed by atoms with van der Waals surface area (Å²) in [5.41, 5.74) is 0.926. The molecule has 1 amide bonds. The predicted octanol–water partition coefficient (Wildman–Crippen LogP) is 4.19. The van der Waals surface area contributed by atoms with Crippen molar-refractivity contribution in [3.8, 4) is 5.75 Å². The van der Waals surface area contributed by atoms with Gasteiger partial charge in [-0.1, -0.05) is 32.4 Å². The van der Waals surface area contributed by atoms with Crippen LogP contribution in [0.1, 0.15) is 36.3 Å². The van der Waals surface area contributed by atoms with Gasteiger partial charge in [0.05, 0.1) is 6.33 Å². The van der Waals surface area contributed by atoms with Crippen molar-refractivity contribution in [2.75, 3.05) is 26.2 Å². The molecule has 1 saturated carbocycles. The number of hydrogen-bond donors (Lipinski definition) is 0. The van der Waals surface area contributed by atoms with Crippen molar-refractivity contribution in [1.29, 1.82) is 0 Å². The van der Waals surface area contributed by atoms with Gasteiger partial charge in [0, 0.05) is 46.0 Å². The van der Waals surface area contributed by atoms with E-state index >= 15 is 0 Å². The van der Waals surface area contributed by atoms with Gasteiger partial charge in [0.1, 0.15) is 11.4 Å². The number of likely N-dealkylation sites (tertiary alicyclic amines) is 1. The van der Waals surface area contributed by atoms with Crippen LogP contribution in [0.15, 0.2) is 36.8 Å². The number of halogens is 3. The van der Waals surface area contributed by atoms with Crippen molar-refractivity contribution < 1.29 is 22.7 Å². The van der Waals surface area contributed by atoms with E-state index in [1.165, 1.54) is 24.6 Å². The van der Waals surface area contributed by atoms with Crippen LogP contribution in [0.3, 0.4) is 0 Å². The van der Waals surface area contributed by atoms with Gasteiger partial charge in [-0.25, -0.2) is 4.98 Å². The SMILES string of the molecule is CCC(C)CN1CC2C(C1)C2CN(Cc1cccc(OC(F)(F)F)c1)C(=O)c1cn(C)cn1. The van der Waals surface area contributed by atoms with Crippen molar-refractivity contribution >= 4 is 5.91 Å². The molecule has 9 heteroatoms. The highest BCUT2D eigenvalue weighted by Gasteiger charge is 2.56. The average Bonchev–Trinajstić information content (AvgIpc) is 3.08. The molecule has 6 nitrogen and oxygen atoms in total. The molecule has 2 heterocycles. The van der Waals surface area contributed by atoms with E-state index in [1.54, 1.807) is 35.1 Å². The second kappa shape index (κ2) is 9.37. The zero-order valence-corrected chi connectivity index (χ0v) is 19.3. The summed E-state index contributed by atoms with van der Waals surface area (Å²) in [6.07, 6.45) is -0.352. The number of imidazole rings is 1. The van der Waals surface area contributed by atoms with Crippen LogP contribution in [0.2, 0.25) is 0 Å². The van der Waals surface area contributed by atoms with Crippen LogP contribution in [0.4, 0.5) is 13.2 Å². The van der Waals surface area contributed by atoms with Crippen LogP contribution < -0.4 is 4.74 Å². The summed E-state index contributed by atoms with van der Waals surface area (Å²) in [5, 5.41) is 0. The van der Waals surface area contributed by atoms with Crippen molar-refractivity contribution in [1.82, 2.24) is 19.4 Å². The minimum absolute atomic E-state index is 0.205. The molecule has 0 bridgehead atoms. The molecule has 4 rings (SSSR count). The molecule has 1 aliphatic carbocycles. The summed E-state index contributed by atoms with van der Waals surface area (Å²) >= 11 is 0. The molecule has 2 aromatic rings. The minimum atomic E-state index is -4.76. The fourth-order valence-corrected chi connectivity index (χ4v) is 4.95. The van der Waals surface area contributed by atoms with E-state index in [0.29, 0.717) is 41.5 Å². The Morgan fingerprint density at radius 2 is 2.03 bits per heavy atom. The van der Waals surface area contributed by atoms with E-state index in [-0.39, 0.29) is 18.2 Å². The lowest BCUT2D eigenvalue weighted by Gasteiger charge is -2.26. The van der Waals surface area contributed by atoms with E-state index in [1.807, 2.05) is 0 Å². The molecule has 2 fully saturated rings. The minimum Gasteiger partial charge on any atom is -0.406 e. The van der Waals surface area contributed by atoms with Crippen LogP contribution >= 0.6 is 0 Å². The van der Waals surface area contributed by atoms with Gasteiger partial charge >= 0.3 is 6.36 Å². The Bertz CT molecular complexity index is 965. The molecule has 0 N–H and O–H groups in total. The predicted molar refractivity (Wildman–Crippen MR) is 117 cm³/mol. The smallest absolute Gasteiger partial charge is 0.406 e. The molecule has 0 radical (unpaired) electrons. The summed E-state index contributed by atoms with van der Waals surface area (Å²) in [6, 6.07) is 5.83. The number of aryl methyl sites for hydroxylation is 1. The Kier molecular flexibility index (Phi) is 6.70. The van der Waals surface area contributed by atoms with Crippen LogP contribution in [-0.4, -0.2) is 57.8 Å². The molecule has 1 saturated heterocycles. The maximum atomic E-state index is 13.2. The molecule has 2 aliphatic rings. The fourth-order valence-electron chi connectivity index (χ4n) is 4.95. The molecular formula is C24H31F3N4O2. The number of ether oxygens (including phenoxy) is 1. The van der Waals surface area contributed by atoms with Crippen LogP contribution in [-0.2, 0) is 13.6 Å². The van der Waals surface area contributed by atoms with Crippen molar-refractivity contribution in [3.63, 3.8) is 0 Å². The molecule has 3 atom stereocenters. The Balaban J connectivity index is 1.45. The quantitative estimate of drug-likeness (QED) is 0.559. The Morgan fingerprint density at radius 3 is 2.64 bits per heavy atom. The van der Waals surface area contributed by atoms with Crippen molar-refractivity contribution in [2.45, 2.75) is 33.2 Å². The Hall–Kier alpha value is -2.55. The van der Waals surface area contributed by atoms with Crippen LogP contribution in [0.5, 0.6) is 5.75 Å². The number of fused-ring (bicyclic) bond motifs is 1.